The van der Waals surface area contributed by atoms with Gasteiger partial charge in [0.2, 0.25) is 0 Å². The number of carbonyl (C=O) groups is 1. The van der Waals surface area contributed by atoms with E-state index in [9.17, 15) is 4.79 Å². The molecule has 1 aliphatic rings. The lowest BCUT2D eigenvalue weighted by Gasteiger charge is -2.32. The first-order valence-corrected chi connectivity index (χ1v) is 9.66. The van der Waals surface area contributed by atoms with Crippen LogP contribution in [0.15, 0.2) is 54.6 Å². The molecule has 0 spiro atoms. The van der Waals surface area contributed by atoms with E-state index in [2.05, 4.69) is 0 Å². The number of fused-ring (bicyclic) bond motifs is 1. The highest BCUT2D eigenvalue weighted by Crippen LogP contribution is 2.36. The van der Waals surface area contributed by atoms with Crippen molar-refractivity contribution in [2.75, 3.05) is 7.11 Å². The number of carbonyl (C=O) groups excluding carboxylic acids is 1. The number of nitrogens with zero attached hydrogens (tertiary/aromatic N) is 1. The van der Waals surface area contributed by atoms with Gasteiger partial charge >= 0.3 is 13.1 Å². The smallest absolute Gasteiger partial charge is 0.465 e. The zero-order chi connectivity index (χ0) is 20.8. The molecule has 0 N–H and O–H groups in total. The maximum Gasteiger partial charge on any atom is 0.494 e. The van der Waals surface area contributed by atoms with Gasteiger partial charge < -0.3 is 14.0 Å². The molecule has 2 aromatic carbocycles. The Morgan fingerprint density at radius 3 is 2.21 bits per heavy atom. The molecular weight excluding hydrogens is 365 g/mol. The van der Waals surface area contributed by atoms with Crippen LogP contribution in [0.1, 0.15) is 38.1 Å². The van der Waals surface area contributed by atoms with Gasteiger partial charge in [-0.25, -0.2) is 9.78 Å². The van der Waals surface area contributed by atoms with Crippen molar-refractivity contribution in [2.45, 2.75) is 38.9 Å². The lowest BCUT2D eigenvalue weighted by Crippen LogP contribution is -2.41. The van der Waals surface area contributed by atoms with Gasteiger partial charge in [-0.15, -0.1) is 0 Å². The Morgan fingerprint density at radius 2 is 1.59 bits per heavy atom. The van der Waals surface area contributed by atoms with E-state index in [0.29, 0.717) is 11.3 Å². The number of pyridine rings is 1. The minimum absolute atomic E-state index is 0.376. The molecule has 1 aliphatic heterocycles. The minimum Gasteiger partial charge on any atom is -0.465 e. The number of para-hydroxylation sites is 1. The molecule has 2 heterocycles. The van der Waals surface area contributed by atoms with Crippen LogP contribution in [-0.4, -0.2) is 36.4 Å². The quantitative estimate of drug-likeness (QED) is 0.501. The summed E-state index contributed by atoms with van der Waals surface area (Å²) in [6, 6.07) is 17.2. The number of benzene rings is 2. The van der Waals surface area contributed by atoms with Crippen molar-refractivity contribution in [3.05, 3.63) is 60.2 Å². The molecule has 0 saturated carbocycles. The summed E-state index contributed by atoms with van der Waals surface area (Å²) in [5, 5.41) is 0.775. The number of ether oxygens (including phenoxy) is 1. The van der Waals surface area contributed by atoms with Gasteiger partial charge in [0.05, 0.1) is 35.1 Å². The zero-order valence-corrected chi connectivity index (χ0v) is 17.4. The highest BCUT2D eigenvalue weighted by molar-refractivity contribution is 6.62. The molecule has 1 fully saturated rings. The Bertz CT molecular complexity index is 1060. The first kappa shape index (κ1) is 19.6. The monoisotopic (exact) mass is 389 g/mol. The van der Waals surface area contributed by atoms with E-state index in [1.165, 1.54) is 7.11 Å². The van der Waals surface area contributed by atoms with Crippen molar-refractivity contribution in [2.24, 2.45) is 0 Å². The van der Waals surface area contributed by atoms with Gasteiger partial charge in [0.1, 0.15) is 0 Å². The molecule has 0 unspecified atom stereocenters. The van der Waals surface area contributed by atoms with Crippen LogP contribution in [0.3, 0.4) is 0 Å². The molecule has 0 bridgehead atoms. The number of hydrogen-bond donors (Lipinski definition) is 0. The van der Waals surface area contributed by atoms with Crippen LogP contribution in [0.2, 0.25) is 0 Å². The maximum absolute atomic E-state index is 12.3. The summed E-state index contributed by atoms with van der Waals surface area (Å²) in [5.74, 6) is -0.376. The van der Waals surface area contributed by atoms with Gasteiger partial charge in [-0.05, 0) is 45.3 Å². The molecule has 1 saturated heterocycles. The second-order valence-electron chi connectivity index (χ2n) is 8.27. The van der Waals surface area contributed by atoms with Crippen LogP contribution in [-0.2, 0) is 14.0 Å². The fraction of sp³-hybridized carbons (Fsp3) is 0.304. The van der Waals surface area contributed by atoms with Gasteiger partial charge in [0.15, 0.2) is 0 Å². The summed E-state index contributed by atoms with van der Waals surface area (Å²) < 4.78 is 17.2. The molecule has 0 aliphatic carbocycles. The third-order valence-electron chi connectivity index (χ3n) is 5.85. The average Bonchev–Trinajstić information content (AvgIpc) is 2.93. The summed E-state index contributed by atoms with van der Waals surface area (Å²) in [6.45, 7) is 8.15. The Hall–Kier alpha value is -2.70. The van der Waals surface area contributed by atoms with E-state index in [1.54, 1.807) is 6.07 Å². The molecule has 6 heteroatoms. The number of methoxy groups -OCH3 is 1. The van der Waals surface area contributed by atoms with E-state index in [1.807, 2.05) is 76.2 Å². The van der Waals surface area contributed by atoms with Crippen LogP contribution < -0.4 is 5.46 Å². The fourth-order valence-corrected chi connectivity index (χ4v) is 3.39. The minimum atomic E-state index is -0.413. The highest BCUT2D eigenvalue weighted by atomic mass is 16.7. The molecule has 148 valence electrons. The van der Waals surface area contributed by atoms with Gasteiger partial charge in [-0.2, -0.15) is 0 Å². The lowest BCUT2D eigenvalue weighted by molar-refractivity contribution is 0.00578. The van der Waals surface area contributed by atoms with Crippen molar-refractivity contribution < 1.29 is 18.8 Å². The van der Waals surface area contributed by atoms with Crippen LogP contribution in [0.5, 0.6) is 0 Å². The van der Waals surface area contributed by atoms with E-state index >= 15 is 0 Å². The van der Waals surface area contributed by atoms with Crippen LogP contribution in [0.4, 0.5) is 0 Å². The molecule has 0 atom stereocenters. The third-order valence-corrected chi connectivity index (χ3v) is 5.85. The Labute approximate surface area is 171 Å². The van der Waals surface area contributed by atoms with Crippen LogP contribution in [0, 0.1) is 0 Å². The standard InChI is InChI=1S/C23H24BNO4/c1-22(2)23(3,4)29-24(28-22)16-12-10-15(11-13-16)20-14-18(21(26)27-5)17-8-6-7-9-19(17)25-20/h6-14H,1-5H3. The second kappa shape index (κ2) is 6.97. The molecule has 3 aromatic rings. The molecule has 0 radical (unpaired) electrons. The average molecular weight is 389 g/mol. The summed E-state index contributed by atoms with van der Waals surface area (Å²) >= 11 is 0. The molecule has 5 nitrogen and oxygen atoms in total. The van der Waals surface area contributed by atoms with E-state index in [4.69, 9.17) is 19.0 Å². The Morgan fingerprint density at radius 1 is 0.966 bits per heavy atom. The lowest BCUT2D eigenvalue weighted by atomic mass is 9.78. The third kappa shape index (κ3) is 3.43. The van der Waals surface area contributed by atoms with Crippen molar-refractivity contribution in [1.82, 2.24) is 4.98 Å². The second-order valence-corrected chi connectivity index (χ2v) is 8.27. The summed E-state index contributed by atoms with van der Waals surface area (Å²) in [5.41, 5.74) is 3.05. The molecule has 0 amide bonds. The number of rotatable bonds is 3. The molecular formula is C23H24BNO4. The Kier molecular flexibility index (Phi) is 4.72. The normalized spacial score (nSPS) is 17.5. The molecule has 4 rings (SSSR count). The van der Waals surface area contributed by atoms with E-state index in [0.717, 1.165) is 21.9 Å². The fourth-order valence-electron chi connectivity index (χ4n) is 3.39. The molecule has 1 aromatic heterocycles. The Balaban J connectivity index is 1.70. The topological polar surface area (TPSA) is 57.7 Å². The van der Waals surface area contributed by atoms with Crippen LogP contribution >= 0.6 is 0 Å². The van der Waals surface area contributed by atoms with Crippen LogP contribution in [0.25, 0.3) is 22.2 Å². The maximum atomic E-state index is 12.3. The predicted octanol–water partition coefficient (Wildman–Crippen LogP) is 3.99. The van der Waals surface area contributed by atoms with Crippen molar-refractivity contribution >= 4 is 29.5 Å². The largest absolute Gasteiger partial charge is 0.494 e. The zero-order valence-electron chi connectivity index (χ0n) is 17.4. The first-order valence-electron chi connectivity index (χ1n) is 9.66. The first-order chi connectivity index (χ1) is 13.7. The number of hydrogen-bond acceptors (Lipinski definition) is 5. The van der Waals surface area contributed by atoms with Crippen molar-refractivity contribution in [1.29, 1.82) is 0 Å². The van der Waals surface area contributed by atoms with Crippen molar-refractivity contribution in [3.8, 4) is 11.3 Å². The SMILES string of the molecule is COC(=O)c1cc(-c2ccc(B3OC(C)(C)C(C)(C)O3)cc2)nc2ccccc12. The van der Waals surface area contributed by atoms with E-state index < -0.39 is 7.12 Å². The van der Waals surface area contributed by atoms with Gasteiger partial charge in [0, 0.05) is 10.9 Å². The van der Waals surface area contributed by atoms with Gasteiger partial charge in [0.25, 0.3) is 0 Å². The van der Waals surface area contributed by atoms with E-state index in [-0.39, 0.29) is 17.2 Å². The van der Waals surface area contributed by atoms with Gasteiger partial charge in [-0.1, -0.05) is 42.5 Å². The number of aromatic nitrogens is 1. The van der Waals surface area contributed by atoms with Gasteiger partial charge in [-0.3, -0.25) is 0 Å². The number of esters is 1. The summed E-state index contributed by atoms with van der Waals surface area (Å²) in [6.07, 6.45) is 0. The summed E-state index contributed by atoms with van der Waals surface area (Å²) in [4.78, 5) is 17.0. The summed E-state index contributed by atoms with van der Waals surface area (Å²) in [7, 11) is 0.973. The van der Waals surface area contributed by atoms with Crippen molar-refractivity contribution in [3.63, 3.8) is 0 Å². The predicted molar refractivity (Wildman–Crippen MR) is 114 cm³/mol. The molecule has 29 heavy (non-hydrogen) atoms. The highest BCUT2D eigenvalue weighted by Gasteiger charge is 2.51.